The highest BCUT2D eigenvalue weighted by Gasteiger charge is 2.21. The molecule has 1 aromatic heterocycles. The predicted octanol–water partition coefficient (Wildman–Crippen LogP) is 2.71. The number of rotatable bonds is 6. The molecular weight excluding hydrogens is 394 g/mol. The van der Waals surface area contributed by atoms with Crippen molar-refractivity contribution in [2.45, 2.75) is 6.42 Å². The summed E-state index contributed by atoms with van der Waals surface area (Å²) in [6, 6.07) is 18.5. The summed E-state index contributed by atoms with van der Waals surface area (Å²) >= 11 is 0. The van der Waals surface area contributed by atoms with Crippen molar-refractivity contribution in [3.63, 3.8) is 0 Å². The Labute approximate surface area is 180 Å². The maximum atomic E-state index is 12.8. The lowest BCUT2D eigenvalue weighted by Crippen LogP contribution is -2.41. The predicted molar refractivity (Wildman–Crippen MR) is 117 cm³/mol. The van der Waals surface area contributed by atoms with Gasteiger partial charge in [0.15, 0.2) is 0 Å². The lowest BCUT2D eigenvalue weighted by atomic mass is 10.1. The summed E-state index contributed by atoms with van der Waals surface area (Å²) < 4.78 is 7.12. The van der Waals surface area contributed by atoms with Crippen molar-refractivity contribution in [1.82, 2.24) is 20.0 Å². The molecule has 0 aliphatic carbocycles. The maximum absolute atomic E-state index is 12.8. The Kier molecular flexibility index (Phi) is 6.59. The van der Waals surface area contributed by atoms with E-state index in [4.69, 9.17) is 4.74 Å². The van der Waals surface area contributed by atoms with Crippen LogP contribution >= 0.6 is 0 Å². The third-order valence-electron chi connectivity index (χ3n) is 5.04. The van der Waals surface area contributed by atoms with Gasteiger partial charge in [-0.25, -0.2) is 9.48 Å². The Balaban J connectivity index is 1.30. The summed E-state index contributed by atoms with van der Waals surface area (Å²) in [6.45, 7) is 2.59. The quantitative estimate of drug-likeness (QED) is 0.643. The Morgan fingerprint density at radius 3 is 2.52 bits per heavy atom. The number of carbonyl (C=O) groups is 2. The Bertz CT molecular complexity index is 1030. The Hall–Kier alpha value is -3.65. The van der Waals surface area contributed by atoms with E-state index in [0.717, 1.165) is 11.4 Å². The van der Waals surface area contributed by atoms with Crippen LogP contribution in [0.3, 0.4) is 0 Å². The van der Waals surface area contributed by atoms with Crippen LogP contribution in [0, 0.1) is 0 Å². The molecule has 0 saturated carbocycles. The summed E-state index contributed by atoms with van der Waals surface area (Å²) in [5.74, 6) is -0.106. The van der Waals surface area contributed by atoms with Crippen molar-refractivity contribution in [1.29, 1.82) is 0 Å². The molecule has 1 aliphatic heterocycles. The lowest BCUT2D eigenvalue weighted by molar-refractivity contribution is 0.0303. The average molecular weight is 419 g/mol. The van der Waals surface area contributed by atoms with Gasteiger partial charge in [-0.15, -0.1) is 0 Å². The van der Waals surface area contributed by atoms with Crippen LogP contribution in [-0.2, 0) is 11.2 Å². The van der Waals surface area contributed by atoms with Gasteiger partial charge in [0.25, 0.3) is 5.91 Å². The second kappa shape index (κ2) is 9.90. The normalized spacial score (nSPS) is 13.6. The zero-order chi connectivity index (χ0) is 21.5. The highest BCUT2D eigenvalue weighted by Crippen LogP contribution is 2.18. The van der Waals surface area contributed by atoms with Gasteiger partial charge in [0, 0.05) is 32.3 Å². The molecule has 160 valence electrons. The van der Waals surface area contributed by atoms with Crippen molar-refractivity contribution < 1.29 is 14.3 Å². The van der Waals surface area contributed by atoms with Crippen molar-refractivity contribution in [2.24, 2.45) is 0 Å². The van der Waals surface area contributed by atoms with Gasteiger partial charge in [0.2, 0.25) is 0 Å². The number of hydrogen-bond donors (Lipinski definition) is 2. The zero-order valence-corrected chi connectivity index (χ0v) is 17.2. The first-order valence-corrected chi connectivity index (χ1v) is 10.3. The molecule has 1 aliphatic rings. The van der Waals surface area contributed by atoms with Gasteiger partial charge in [0.05, 0.1) is 35.8 Å². The topological polar surface area (TPSA) is 88.5 Å². The summed E-state index contributed by atoms with van der Waals surface area (Å²) in [5.41, 5.74) is 2.83. The van der Waals surface area contributed by atoms with Crippen LogP contribution < -0.4 is 10.6 Å². The average Bonchev–Trinajstić information content (AvgIpc) is 3.29. The molecule has 2 aromatic carbocycles. The van der Waals surface area contributed by atoms with Gasteiger partial charge in [0.1, 0.15) is 0 Å². The van der Waals surface area contributed by atoms with Crippen LogP contribution in [-0.4, -0.2) is 59.5 Å². The fourth-order valence-corrected chi connectivity index (χ4v) is 3.41. The van der Waals surface area contributed by atoms with Gasteiger partial charge in [-0.05, 0) is 30.3 Å². The smallest absolute Gasteiger partial charge is 0.319 e. The fourth-order valence-electron chi connectivity index (χ4n) is 3.41. The summed E-state index contributed by atoms with van der Waals surface area (Å²) in [5, 5.41) is 10.2. The van der Waals surface area contributed by atoms with Crippen molar-refractivity contribution in [3.8, 4) is 5.69 Å². The first-order chi connectivity index (χ1) is 15.2. The number of carbonyl (C=O) groups excluding carboxylic acids is 2. The molecule has 8 heteroatoms. The van der Waals surface area contributed by atoms with Gasteiger partial charge >= 0.3 is 6.03 Å². The lowest BCUT2D eigenvalue weighted by Gasteiger charge is -2.27. The van der Waals surface area contributed by atoms with Crippen LogP contribution in [0.25, 0.3) is 5.69 Å². The Morgan fingerprint density at radius 2 is 1.71 bits per heavy atom. The second-order valence-electron chi connectivity index (χ2n) is 7.17. The molecule has 3 amide bonds. The molecule has 8 nitrogen and oxygen atoms in total. The van der Waals surface area contributed by atoms with Crippen molar-refractivity contribution >= 4 is 17.6 Å². The van der Waals surface area contributed by atoms with E-state index < -0.39 is 0 Å². The number of ether oxygens (including phenoxy) is 1. The molecule has 0 atom stereocenters. The molecule has 31 heavy (non-hydrogen) atoms. The van der Waals surface area contributed by atoms with Crippen LogP contribution in [0.5, 0.6) is 0 Å². The summed E-state index contributed by atoms with van der Waals surface area (Å²) in [4.78, 5) is 26.9. The molecule has 3 aromatic rings. The number of hydrogen-bond acceptors (Lipinski definition) is 4. The summed E-state index contributed by atoms with van der Waals surface area (Å²) in [6.07, 6.45) is 2.50. The summed E-state index contributed by atoms with van der Waals surface area (Å²) in [7, 11) is 0. The largest absolute Gasteiger partial charge is 0.378 e. The monoisotopic (exact) mass is 419 g/mol. The van der Waals surface area contributed by atoms with Crippen molar-refractivity contribution in [3.05, 3.63) is 78.1 Å². The minimum absolute atomic E-state index is 0.106. The van der Waals surface area contributed by atoms with Gasteiger partial charge in [-0.1, -0.05) is 30.3 Å². The minimum Gasteiger partial charge on any atom is -0.378 e. The van der Waals surface area contributed by atoms with Crippen LogP contribution in [0.1, 0.15) is 16.1 Å². The number of morpholine rings is 1. The molecule has 1 saturated heterocycles. The Morgan fingerprint density at radius 1 is 0.968 bits per heavy atom. The molecule has 1 fully saturated rings. The van der Waals surface area contributed by atoms with E-state index in [1.54, 1.807) is 29.2 Å². The van der Waals surface area contributed by atoms with Crippen molar-refractivity contribution in [2.75, 3.05) is 38.2 Å². The number of amides is 3. The highest BCUT2D eigenvalue weighted by atomic mass is 16.5. The SMILES string of the molecule is O=C(NCCc1ccn(-c2ccccc2)n1)Nc1ccccc1C(=O)N1CCOCC1. The number of urea groups is 1. The highest BCUT2D eigenvalue weighted by molar-refractivity contribution is 6.03. The number of benzene rings is 2. The standard InChI is InChI=1S/C23H25N5O3/c29-22(27-14-16-31-17-15-27)20-8-4-5-9-21(20)25-23(30)24-12-10-18-11-13-28(26-18)19-6-2-1-3-7-19/h1-9,11,13H,10,12,14-17H2,(H2,24,25,30). The van der Waals surface area contributed by atoms with E-state index in [-0.39, 0.29) is 11.9 Å². The van der Waals surface area contributed by atoms with E-state index in [0.29, 0.717) is 50.5 Å². The van der Waals surface area contributed by atoms with E-state index in [9.17, 15) is 9.59 Å². The zero-order valence-electron chi connectivity index (χ0n) is 17.2. The molecule has 0 spiro atoms. The number of anilines is 1. The third-order valence-corrected chi connectivity index (χ3v) is 5.04. The molecular formula is C23H25N5O3. The third kappa shape index (κ3) is 5.29. The second-order valence-corrected chi connectivity index (χ2v) is 7.17. The molecule has 0 bridgehead atoms. The van der Waals surface area contributed by atoms with Gasteiger partial charge < -0.3 is 20.3 Å². The molecule has 4 rings (SSSR count). The van der Waals surface area contributed by atoms with Crippen LogP contribution in [0.4, 0.5) is 10.5 Å². The maximum Gasteiger partial charge on any atom is 0.319 e. The first kappa shape index (κ1) is 20.6. The van der Waals surface area contributed by atoms with Gasteiger partial charge in [-0.2, -0.15) is 5.10 Å². The molecule has 2 N–H and O–H groups in total. The number of nitrogens with zero attached hydrogens (tertiary/aromatic N) is 3. The van der Waals surface area contributed by atoms with E-state index in [1.165, 1.54) is 0 Å². The van der Waals surface area contributed by atoms with Crippen LogP contribution in [0.2, 0.25) is 0 Å². The van der Waals surface area contributed by atoms with E-state index in [2.05, 4.69) is 15.7 Å². The molecule has 0 unspecified atom stereocenters. The van der Waals surface area contributed by atoms with E-state index in [1.807, 2.05) is 47.3 Å². The number of para-hydroxylation sites is 2. The van der Waals surface area contributed by atoms with Crippen LogP contribution in [0.15, 0.2) is 66.9 Å². The number of nitrogens with one attached hydrogen (secondary N) is 2. The van der Waals surface area contributed by atoms with E-state index >= 15 is 0 Å². The molecule has 2 heterocycles. The number of aromatic nitrogens is 2. The first-order valence-electron chi connectivity index (χ1n) is 10.3. The minimum atomic E-state index is -0.357. The molecule has 0 radical (unpaired) electrons. The van der Waals surface area contributed by atoms with Gasteiger partial charge in [-0.3, -0.25) is 4.79 Å². The fraction of sp³-hybridized carbons (Fsp3) is 0.261.